The maximum atomic E-state index is 13.0. The lowest BCUT2D eigenvalue weighted by atomic mass is 10.1. The number of thioether (sulfide) groups is 1. The van der Waals surface area contributed by atoms with E-state index in [1.165, 1.54) is 17.3 Å². The molecular weight excluding hydrogens is 486 g/mol. The third-order valence-corrected chi connectivity index (χ3v) is 6.86. The molecule has 1 heterocycles. The smallest absolute Gasteiger partial charge is 0.266 e. The number of carbonyl (C=O) groups excluding carboxylic acids is 1. The lowest BCUT2D eigenvalue weighted by Crippen LogP contribution is -2.27. The van der Waals surface area contributed by atoms with Gasteiger partial charge in [0.1, 0.15) is 29.0 Å². The van der Waals surface area contributed by atoms with Crippen molar-refractivity contribution in [1.82, 2.24) is 4.90 Å². The molecule has 174 valence electrons. The van der Waals surface area contributed by atoms with Crippen LogP contribution in [0.1, 0.15) is 22.3 Å². The highest BCUT2D eigenvalue weighted by atomic mass is 35.5. The van der Waals surface area contributed by atoms with Gasteiger partial charge < -0.3 is 9.47 Å². The molecule has 4 nitrogen and oxygen atoms in total. The van der Waals surface area contributed by atoms with Crippen molar-refractivity contribution in [2.45, 2.75) is 20.4 Å². The minimum absolute atomic E-state index is 0.122. The zero-order valence-electron chi connectivity index (χ0n) is 18.9. The Kier molecular flexibility index (Phi) is 7.93. The van der Waals surface area contributed by atoms with Crippen LogP contribution in [0.25, 0.3) is 6.08 Å². The van der Waals surface area contributed by atoms with E-state index in [-0.39, 0.29) is 5.91 Å². The standard InChI is InChI=1S/C27H24ClNO3S2/c1-18-8-10-23(19(2)14-18)31-12-13-32-24-11-9-22(28)15-21(24)16-25-26(30)29(27(33)34-25)17-20-6-4-3-5-7-20/h3-11,14-16H,12-13,17H2,1-2H3/b25-16-. The average molecular weight is 510 g/mol. The quantitative estimate of drug-likeness (QED) is 0.189. The maximum absolute atomic E-state index is 13.0. The molecule has 7 heteroatoms. The van der Waals surface area contributed by atoms with Gasteiger partial charge in [-0.15, -0.1) is 0 Å². The number of thiocarbonyl (C=S) groups is 1. The zero-order valence-corrected chi connectivity index (χ0v) is 21.3. The van der Waals surface area contributed by atoms with Crippen molar-refractivity contribution in [2.75, 3.05) is 13.2 Å². The molecule has 0 aromatic heterocycles. The molecule has 0 aliphatic carbocycles. The first kappa shape index (κ1) is 24.3. The Hall–Kier alpha value is -2.80. The summed E-state index contributed by atoms with van der Waals surface area (Å²) in [5.74, 6) is 1.34. The van der Waals surface area contributed by atoms with Crippen LogP contribution in [0.2, 0.25) is 5.02 Å². The number of aryl methyl sites for hydroxylation is 2. The third-order valence-electron chi connectivity index (χ3n) is 5.24. The molecule has 3 aromatic rings. The number of ether oxygens (including phenoxy) is 2. The summed E-state index contributed by atoms with van der Waals surface area (Å²) in [6, 6.07) is 21.2. The van der Waals surface area contributed by atoms with Crippen LogP contribution < -0.4 is 9.47 Å². The lowest BCUT2D eigenvalue weighted by Gasteiger charge is -2.14. The van der Waals surface area contributed by atoms with Crippen LogP contribution in [0.4, 0.5) is 0 Å². The highest BCUT2D eigenvalue weighted by Crippen LogP contribution is 2.36. The van der Waals surface area contributed by atoms with E-state index in [2.05, 4.69) is 13.0 Å². The molecule has 0 atom stereocenters. The fourth-order valence-corrected chi connectivity index (χ4v) is 5.00. The van der Waals surface area contributed by atoms with Crippen molar-refractivity contribution < 1.29 is 14.3 Å². The van der Waals surface area contributed by atoms with E-state index < -0.39 is 0 Å². The molecule has 0 N–H and O–H groups in total. The van der Waals surface area contributed by atoms with Crippen LogP contribution in [0.3, 0.4) is 0 Å². The first-order chi connectivity index (χ1) is 16.4. The van der Waals surface area contributed by atoms with Gasteiger partial charge in [0.05, 0.1) is 11.4 Å². The van der Waals surface area contributed by atoms with Crippen molar-refractivity contribution >= 4 is 51.9 Å². The number of nitrogens with zero attached hydrogens (tertiary/aromatic N) is 1. The summed E-state index contributed by atoms with van der Waals surface area (Å²) in [6.45, 7) is 5.26. The molecule has 1 saturated heterocycles. The first-order valence-electron chi connectivity index (χ1n) is 10.8. The molecule has 1 fully saturated rings. The number of amides is 1. The SMILES string of the molecule is Cc1ccc(OCCOc2ccc(Cl)cc2/C=C2\SC(=S)N(Cc3ccccc3)C2=O)c(C)c1. The molecule has 0 bridgehead atoms. The van der Waals surface area contributed by atoms with Crippen LogP contribution in [-0.2, 0) is 11.3 Å². The van der Waals surface area contributed by atoms with E-state index in [1.807, 2.05) is 49.4 Å². The van der Waals surface area contributed by atoms with Crippen LogP contribution >= 0.6 is 35.6 Å². The molecule has 1 aliphatic rings. The van der Waals surface area contributed by atoms with E-state index in [9.17, 15) is 4.79 Å². The van der Waals surface area contributed by atoms with E-state index in [0.29, 0.717) is 39.8 Å². The Balaban J connectivity index is 1.44. The topological polar surface area (TPSA) is 38.8 Å². The largest absolute Gasteiger partial charge is 0.490 e. The molecule has 3 aromatic carbocycles. The lowest BCUT2D eigenvalue weighted by molar-refractivity contribution is -0.122. The van der Waals surface area contributed by atoms with Crippen LogP contribution in [0, 0.1) is 13.8 Å². The number of rotatable bonds is 8. The predicted molar refractivity (Wildman–Crippen MR) is 144 cm³/mol. The van der Waals surface area contributed by atoms with Gasteiger partial charge in [0.2, 0.25) is 0 Å². The van der Waals surface area contributed by atoms with Gasteiger partial charge in [-0.3, -0.25) is 9.69 Å². The number of benzene rings is 3. The molecule has 0 radical (unpaired) electrons. The Morgan fingerprint density at radius 2 is 1.68 bits per heavy atom. The van der Waals surface area contributed by atoms with Gasteiger partial charge in [-0.25, -0.2) is 0 Å². The number of carbonyl (C=O) groups is 1. The van der Waals surface area contributed by atoms with Gasteiger partial charge in [0, 0.05) is 10.6 Å². The van der Waals surface area contributed by atoms with Crippen molar-refractivity contribution in [3.63, 3.8) is 0 Å². The molecule has 34 heavy (non-hydrogen) atoms. The van der Waals surface area contributed by atoms with Crippen LogP contribution in [0.5, 0.6) is 11.5 Å². The summed E-state index contributed by atoms with van der Waals surface area (Å²) in [5, 5.41) is 0.560. The van der Waals surface area contributed by atoms with E-state index in [0.717, 1.165) is 22.4 Å². The highest BCUT2D eigenvalue weighted by molar-refractivity contribution is 8.26. The van der Waals surface area contributed by atoms with E-state index >= 15 is 0 Å². The molecule has 4 rings (SSSR count). The fraction of sp³-hybridized carbons (Fsp3) is 0.185. The molecular formula is C27H24ClNO3S2. The second-order valence-electron chi connectivity index (χ2n) is 7.90. The minimum atomic E-state index is -0.122. The maximum Gasteiger partial charge on any atom is 0.266 e. The summed E-state index contributed by atoms with van der Waals surface area (Å²) >= 11 is 13.0. The van der Waals surface area contributed by atoms with Crippen LogP contribution in [-0.4, -0.2) is 28.3 Å². The number of hydrogen-bond acceptors (Lipinski definition) is 5. The Morgan fingerprint density at radius 3 is 2.41 bits per heavy atom. The Labute approximate surface area is 214 Å². The normalized spacial score (nSPS) is 14.7. The van der Waals surface area contributed by atoms with Gasteiger partial charge in [-0.2, -0.15) is 0 Å². The van der Waals surface area contributed by atoms with E-state index in [1.54, 1.807) is 29.2 Å². The van der Waals surface area contributed by atoms with Crippen molar-refractivity contribution in [1.29, 1.82) is 0 Å². The summed E-state index contributed by atoms with van der Waals surface area (Å²) in [4.78, 5) is 15.2. The van der Waals surface area contributed by atoms with Crippen LogP contribution in [0.15, 0.2) is 71.6 Å². The summed E-state index contributed by atoms with van der Waals surface area (Å²) in [5.41, 5.74) is 4.03. The number of halogens is 1. The summed E-state index contributed by atoms with van der Waals surface area (Å²) in [7, 11) is 0. The van der Waals surface area contributed by atoms with Gasteiger partial charge in [-0.1, -0.05) is 83.6 Å². The molecule has 0 saturated carbocycles. The van der Waals surface area contributed by atoms with Gasteiger partial charge in [0.15, 0.2) is 0 Å². The summed E-state index contributed by atoms with van der Waals surface area (Å²) < 4.78 is 12.4. The van der Waals surface area contributed by atoms with E-state index in [4.69, 9.17) is 33.3 Å². The highest BCUT2D eigenvalue weighted by Gasteiger charge is 2.32. The molecule has 0 unspecified atom stereocenters. The Bertz CT molecular complexity index is 1240. The second-order valence-corrected chi connectivity index (χ2v) is 10.0. The minimum Gasteiger partial charge on any atom is -0.490 e. The fourth-order valence-electron chi connectivity index (χ4n) is 3.57. The second kappa shape index (κ2) is 11.1. The third kappa shape index (κ3) is 6.00. The van der Waals surface area contributed by atoms with Crippen molar-refractivity contribution in [3.8, 4) is 11.5 Å². The zero-order chi connectivity index (χ0) is 24.1. The number of hydrogen-bond donors (Lipinski definition) is 0. The monoisotopic (exact) mass is 509 g/mol. The van der Waals surface area contributed by atoms with Gasteiger partial charge >= 0.3 is 0 Å². The summed E-state index contributed by atoms with van der Waals surface area (Å²) in [6.07, 6.45) is 1.79. The van der Waals surface area contributed by atoms with Crippen molar-refractivity contribution in [2.24, 2.45) is 0 Å². The molecule has 1 amide bonds. The van der Waals surface area contributed by atoms with Gasteiger partial charge in [0.25, 0.3) is 5.91 Å². The molecule has 0 spiro atoms. The van der Waals surface area contributed by atoms with Crippen molar-refractivity contribution in [3.05, 3.63) is 98.9 Å². The first-order valence-corrected chi connectivity index (χ1v) is 12.4. The molecule has 1 aliphatic heterocycles. The average Bonchev–Trinajstić information content (AvgIpc) is 3.07. The van der Waals surface area contributed by atoms with Gasteiger partial charge in [-0.05, 0) is 55.3 Å². The predicted octanol–water partition coefficient (Wildman–Crippen LogP) is 6.82. The Morgan fingerprint density at radius 1 is 0.971 bits per heavy atom.